The summed E-state index contributed by atoms with van der Waals surface area (Å²) in [6.07, 6.45) is 4.75. The van der Waals surface area contributed by atoms with Gasteiger partial charge in [0.2, 0.25) is 0 Å². The van der Waals surface area contributed by atoms with Gasteiger partial charge in [-0.1, -0.05) is 18.2 Å². The Morgan fingerprint density at radius 1 is 1.12 bits per heavy atom. The third-order valence-electron chi connectivity index (χ3n) is 3.79. The van der Waals surface area contributed by atoms with Crippen LogP contribution >= 0.6 is 0 Å². The van der Waals surface area contributed by atoms with Crippen molar-refractivity contribution in [2.24, 2.45) is 0 Å². The summed E-state index contributed by atoms with van der Waals surface area (Å²) in [6, 6.07) is 11.3. The van der Waals surface area contributed by atoms with Gasteiger partial charge in [0.15, 0.2) is 5.82 Å². The first kappa shape index (κ1) is 14.4. The number of nitrogens with zero attached hydrogens (tertiary/aromatic N) is 5. The summed E-state index contributed by atoms with van der Waals surface area (Å²) in [5, 5.41) is 4.45. The maximum Gasteiger partial charge on any atom is 0.277 e. The van der Waals surface area contributed by atoms with Crippen molar-refractivity contribution in [1.82, 2.24) is 19.7 Å². The van der Waals surface area contributed by atoms with Gasteiger partial charge in [-0.15, -0.1) is 0 Å². The van der Waals surface area contributed by atoms with Crippen molar-refractivity contribution in [2.75, 3.05) is 11.4 Å². The van der Waals surface area contributed by atoms with E-state index in [2.05, 4.69) is 15.1 Å². The Bertz CT molecular complexity index is 848. The van der Waals surface area contributed by atoms with Crippen LogP contribution in [0.2, 0.25) is 0 Å². The average Bonchev–Trinajstić information content (AvgIpc) is 3.06. The molecule has 0 bridgehead atoms. The minimum atomic E-state index is -0.125. The fraction of sp³-hybridized carbons (Fsp3) is 0.176. The molecule has 0 atom stereocenters. The van der Waals surface area contributed by atoms with Gasteiger partial charge in [-0.25, -0.2) is 4.98 Å². The fourth-order valence-corrected chi connectivity index (χ4v) is 2.64. The van der Waals surface area contributed by atoms with E-state index in [1.165, 1.54) is 0 Å². The van der Waals surface area contributed by atoms with Gasteiger partial charge in [-0.2, -0.15) is 5.10 Å². The van der Waals surface area contributed by atoms with Gasteiger partial charge in [-0.05, 0) is 18.2 Å². The van der Waals surface area contributed by atoms with E-state index >= 15 is 0 Å². The van der Waals surface area contributed by atoms with Gasteiger partial charge in [0.1, 0.15) is 23.7 Å². The number of fused-ring (bicyclic) bond motifs is 1. The molecular weight excluding hydrogens is 306 g/mol. The maximum atomic E-state index is 12.7. The topological polar surface area (TPSA) is 73.1 Å². The maximum absolute atomic E-state index is 12.7. The van der Waals surface area contributed by atoms with Crippen molar-refractivity contribution in [2.45, 2.75) is 13.2 Å². The molecule has 120 valence electrons. The quantitative estimate of drug-likeness (QED) is 0.734. The first-order valence-corrected chi connectivity index (χ1v) is 7.64. The molecular formula is C17H15N5O2. The minimum Gasteiger partial charge on any atom is -0.487 e. The highest BCUT2D eigenvalue weighted by molar-refractivity contribution is 6.05. The minimum absolute atomic E-state index is 0.125. The summed E-state index contributed by atoms with van der Waals surface area (Å²) in [4.78, 5) is 22.5. The SMILES string of the molecule is O=C1c2cc(COc3ccccc3)nn2CCN1c1cnccn1. The van der Waals surface area contributed by atoms with Crippen LogP contribution in [0.15, 0.2) is 55.0 Å². The monoisotopic (exact) mass is 321 g/mol. The molecule has 1 aliphatic rings. The summed E-state index contributed by atoms with van der Waals surface area (Å²) in [5.41, 5.74) is 1.27. The summed E-state index contributed by atoms with van der Waals surface area (Å²) in [7, 11) is 0. The normalized spacial score (nSPS) is 13.7. The molecule has 7 nitrogen and oxygen atoms in total. The van der Waals surface area contributed by atoms with E-state index < -0.39 is 0 Å². The number of hydrogen-bond acceptors (Lipinski definition) is 5. The van der Waals surface area contributed by atoms with Crippen LogP contribution in [-0.4, -0.2) is 32.2 Å². The van der Waals surface area contributed by atoms with Crippen LogP contribution in [-0.2, 0) is 13.2 Å². The highest BCUT2D eigenvalue weighted by Crippen LogP contribution is 2.19. The lowest BCUT2D eigenvalue weighted by atomic mass is 10.2. The van der Waals surface area contributed by atoms with E-state index in [0.717, 1.165) is 11.4 Å². The Kier molecular flexibility index (Phi) is 3.66. The lowest BCUT2D eigenvalue weighted by Crippen LogP contribution is -2.40. The molecule has 0 saturated heterocycles. The number of benzene rings is 1. The number of hydrogen-bond donors (Lipinski definition) is 0. The molecule has 0 N–H and O–H groups in total. The predicted molar refractivity (Wildman–Crippen MR) is 86.7 cm³/mol. The van der Waals surface area contributed by atoms with E-state index in [-0.39, 0.29) is 5.91 Å². The number of amides is 1. The van der Waals surface area contributed by atoms with Crippen molar-refractivity contribution < 1.29 is 9.53 Å². The number of carbonyl (C=O) groups excluding carboxylic acids is 1. The highest BCUT2D eigenvalue weighted by atomic mass is 16.5. The third kappa shape index (κ3) is 2.71. The van der Waals surface area contributed by atoms with Gasteiger partial charge in [-0.3, -0.25) is 19.4 Å². The molecule has 1 aromatic carbocycles. The molecule has 0 spiro atoms. The summed E-state index contributed by atoms with van der Waals surface area (Å²) < 4.78 is 7.41. The number of anilines is 1. The molecule has 0 fully saturated rings. The van der Waals surface area contributed by atoms with E-state index in [0.29, 0.717) is 31.2 Å². The molecule has 4 rings (SSSR count). The van der Waals surface area contributed by atoms with Crippen molar-refractivity contribution in [3.05, 3.63) is 66.4 Å². The second-order valence-corrected chi connectivity index (χ2v) is 5.37. The fourth-order valence-electron chi connectivity index (χ4n) is 2.64. The highest BCUT2D eigenvalue weighted by Gasteiger charge is 2.28. The van der Waals surface area contributed by atoms with Crippen LogP contribution in [0, 0.1) is 0 Å². The largest absolute Gasteiger partial charge is 0.487 e. The van der Waals surface area contributed by atoms with E-state index in [1.807, 2.05) is 30.3 Å². The van der Waals surface area contributed by atoms with Crippen LogP contribution < -0.4 is 9.64 Å². The van der Waals surface area contributed by atoms with Gasteiger partial charge >= 0.3 is 0 Å². The lowest BCUT2D eigenvalue weighted by Gasteiger charge is -2.25. The number of carbonyl (C=O) groups is 1. The summed E-state index contributed by atoms with van der Waals surface area (Å²) in [6.45, 7) is 1.45. The molecule has 0 unspecified atom stereocenters. The molecule has 0 saturated carbocycles. The Labute approximate surface area is 138 Å². The molecule has 24 heavy (non-hydrogen) atoms. The number of aromatic nitrogens is 4. The Hall–Kier alpha value is -3.22. The zero-order valence-electron chi connectivity index (χ0n) is 12.9. The van der Waals surface area contributed by atoms with Crippen LogP contribution in [0.4, 0.5) is 5.82 Å². The molecule has 1 amide bonds. The molecule has 3 aromatic rings. The van der Waals surface area contributed by atoms with Gasteiger partial charge in [0.25, 0.3) is 5.91 Å². The van der Waals surface area contributed by atoms with E-state index in [9.17, 15) is 4.79 Å². The lowest BCUT2D eigenvalue weighted by molar-refractivity contribution is 0.0961. The Balaban J connectivity index is 1.52. The van der Waals surface area contributed by atoms with Crippen LogP contribution in [0.5, 0.6) is 5.75 Å². The van der Waals surface area contributed by atoms with Crippen LogP contribution in [0.25, 0.3) is 0 Å². The van der Waals surface area contributed by atoms with Gasteiger partial charge in [0.05, 0.1) is 12.7 Å². The Morgan fingerprint density at radius 2 is 2.00 bits per heavy atom. The second-order valence-electron chi connectivity index (χ2n) is 5.37. The number of ether oxygens (including phenoxy) is 1. The van der Waals surface area contributed by atoms with Crippen molar-refractivity contribution >= 4 is 11.7 Å². The molecule has 0 radical (unpaired) electrons. The Morgan fingerprint density at radius 3 is 2.79 bits per heavy atom. The smallest absolute Gasteiger partial charge is 0.277 e. The van der Waals surface area contributed by atoms with Gasteiger partial charge in [0, 0.05) is 18.9 Å². The second kappa shape index (κ2) is 6.11. The molecule has 3 heterocycles. The standard InChI is InChI=1S/C17H15N5O2/c23-17-15-10-13(12-24-14-4-2-1-3-5-14)20-22(15)9-8-21(17)16-11-18-6-7-19-16/h1-7,10-11H,8-9,12H2. The first-order valence-electron chi connectivity index (χ1n) is 7.64. The number of rotatable bonds is 4. The summed E-state index contributed by atoms with van der Waals surface area (Å²) in [5.74, 6) is 1.20. The first-order chi connectivity index (χ1) is 11.8. The van der Waals surface area contributed by atoms with E-state index in [4.69, 9.17) is 4.74 Å². The third-order valence-corrected chi connectivity index (χ3v) is 3.79. The van der Waals surface area contributed by atoms with Crippen LogP contribution in [0.1, 0.15) is 16.2 Å². The van der Waals surface area contributed by atoms with Crippen molar-refractivity contribution in [1.29, 1.82) is 0 Å². The zero-order chi connectivity index (χ0) is 16.4. The zero-order valence-corrected chi connectivity index (χ0v) is 12.9. The van der Waals surface area contributed by atoms with Crippen molar-refractivity contribution in [3.63, 3.8) is 0 Å². The predicted octanol–water partition coefficient (Wildman–Crippen LogP) is 1.91. The van der Waals surface area contributed by atoms with Crippen molar-refractivity contribution in [3.8, 4) is 5.75 Å². The van der Waals surface area contributed by atoms with E-state index in [1.54, 1.807) is 34.2 Å². The molecule has 2 aromatic heterocycles. The summed E-state index contributed by atoms with van der Waals surface area (Å²) >= 11 is 0. The molecule has 7 heteroatoms. The molecule has 1 aliphatic heterocycles. The molecule has 0 aliphatic carbocycles. The van der Waals surface area contributed by atoms with Crippen LogP contribution in [0.3, 0.4) is 0 Å². The number of para-hydroxylation sites is 1. The average molecular weight is 321 g/mol. The van der Waals surface area contributed by atoms with Gasteiger partial charge < -0.3 is 4.74 Å².